The summed E-state index contributed by atoms with van der Waals surface area (Å²) in [5.74, 6) is 0.258. The van der Waals surface area contributed by atoms with Crippen LogP contribution in [0.15, 0.2) is 0 Å². The lowest BCUT2D eigenvalue weighted by atomic mass is 10.1. The van der Waals surface area contributed by atoms with Crippen LogP contribution >= 0.6 is 0 Å². The molecule has 1 rings (SSSR count). The topological polar surface area (TPSA) is 69.6 Å². The zero-order chi connectivity index (χ0) is 15.7. The van der Waals surface area contributed by atoms with E-state index in [-0.39, 0.29) is 30.4 Å². The molecule has 0 aliphatic heterocycles. The van der Waals surface area contributed by atoms with Gasteiger partial charge in [0.1, 0.15) is 0 Å². The van der Waals surface area contributed by atoms with E-state index in [1.54, 1.807) is 4.90 Å². The van der Waals surface area contributed by atoms with Gasteiger partial charge in [0.2, 0.25) is 11.8 Å². The van der Waals surface area contributed by atoms with Crippen molar-refractivity contribution in [3.63, 3.8) is 0 Å². The van der Waals surface area contributed by atoms with Gasteiger partial charge in [-0.3, -0.25) is 9.59 Å². The van der Waals surface area contributed by atoms with Crippen LogP contribution in [0.3, 0.4) is 0 Å². The van der Waals surface area contributed by atoms with Crippen molar-refractivity contribution in [3.05, 3.63) is 0 Å². The average molecular weight is 298 g/mol. The molecule has 0 radical (unpaired) electrons. The first-order valence-corrected chi connectivity index (χ1v) is 8.32. The summed E-state index contributed by atoms with van der Waals surface area (Å²) in [4.78, 5) is 25.9. The Morgan fingerprint density at radius 3 is 2.38 bits per heavy atom. The number of aliphatic hydroxyl groups excluding tert-OH is 1. The fourth-order valence-electron chi connectivity index (χ4n) is 3.12. The molecule has 0 aromatic rings. The molecule has 0 aromatic heterocycles. The third kappa shape index (κ3) is 5.65. The number of hydrogen-bond donors (Lipinski definition) is 2. The Hall–Kier alpha value is -1.10. The third-order valence-corrected chi connectivity index (χ3v) is 4.41. The van der Waals surface area contributed by atoms with Crippen LogP contribution in [-0.4, -0.2) is 47.6 Å². The number of hydrogen-bond acceptors (Lipinski definition) is 3. The lowest BCUT2D eigenvalue weighted by Gasteiger charge is -2.30. The average Bonchev–Trinajstić information content (AvgIpc) is 3.01. The van der Waals surface area contributed by atoms with E-state index in [0.29, 0.717) is 19.5 Å². The second-order valence-electron chi connectivity index (χ2n) is 5.80. The Kier molecular flexibility index (Phi) is 8.35. The minimum atomic E-state index is -0.0172. The van der Waals surface area contributed by atoms with Crippen molar-refractivity contribution in [2.45, 2.75) is 64.8 Å². The van der Waals surface area contributed by atoms with Crippen LogP contribution in [0.1, 0.15) is 58.8 Å². The lowest BCUT2D eigenvalue weighted by Crippen LogP contribution is -2.43. The molecule has 5 heteroatoms. The zero-order valence-electron chi connectivity index (χ0n) is 13.4. The highest BCUT2D eigenvalue weighted by Gasteiger charge is 2.23. The fourth-order valence-corrected chi connectivity index (χ4v) is 3.12. The SMILES string of the molecule is CCC(CC)N(CCO)C(=O)CCNC(=O)C1CCCC1. The number of carbonyl (C=O) groups is 2. The van der Waals surface area contributed by atoms with Crippen molar-refractivity contribution >= 4 is 11.8 Å². The smallest absolute Gasteiger partial charge is 0.224 e. The molecule has 0 unspecified atom stereocenters. The van der Waals surface area contributed by atoms with Crippen molar-refractivity contribution < 1.29 is 14.7 Å². The molecule has 0 spiro atoms. The van der Waals surface area contributed by atoms with Gasteiger partial charge in [-0.15, -0.1) is 0 Å². The van der Waals surface area contributed by atoms with Crippen LogP contribution in [0.4, 0.5) is 0 Å². The third-order valence-electron chi connectivity index (χ3n) is 4.41. The normalized spacial score (nSPS) is 15.4. The summed E-state index contributed by atoms with van der Waals surface area (Å²) < 4.78 is 0. The molecular formula is C16H30N2O3. The fraction of sp³-hybridized carbons (Fsp3) is 0.875. The van der Waals surface area contributed by atoms with Gasteiger partial charge < -0.3 is 15.3 Å². The number of rotatable bonds is 9. The molecule has 1 fully saturated rings. The molecule has 21 heavy (non-hydrogen) atoms. The van der Waals surface area contributed by atoms with Crippen LogP contribution in [0.2, 0.25) is 0 Å². The Labute approximate surface area is 128 Å². The van der Waals surface area contributed by atoms with Crippen molar-refractivity contribution in [1.29, 1.82) is 0 Å². The Morgan fingerprint density at radius 1 is 1.24 bits per heavy atom. The molecule has 0 saturated heterocycles. The van der Waals surface area contributed by atoms with Crippen LogP contribution in [-0.2, 0) is 9.59 Å². The first-order valence-electron chi connectivity index (χ1n) is 8.32. The van der Waals surface area contributed by atoms with Crippen LogP contribution in [0.25, 0.3) is 0 Å². The number of amides is 2. The van der Waals surface area contributed by atoms with Gasteiger partial charge >= 0.3 is 0 Å². The summed E-state index contributed by atoms with van der Waals surface area (Å²) >= 11 is 0. The first kappa shape index (κ1) is 18.0. The zero-order valence-corrected chi connectivity index (χ0v) is 13.4. The van der Waals surface area contributed by atoms with E-state index in [2.05, 4.69) is 5.32 Å². The summed E-state index contributed by atoms with van der Waals surface area (Å²) in [6, 6.07) is 0.176. The van der Waals surface area contributed by atoms with Gasteiger partial charge in [0.25, 0.3) is 0 Å². The molecule has 1 aliphatic carbocycles. The maximum absolute atomic E-state index is 12.3. The monoisotopic (exact) mass is 298 g/mol. The van der Waals surface area contributed by atoms with Gasteiger partial charge in [0.15, 0.2) is 0 Å². The summed E-state index contributed by atoms with van der Waals surface area (Å²) in [6.45, 7) is 4.86. The van der Waals surface area contributed by atoms with E-state index in [1.807, 2.05) is 13.8 Å². The highest BCUT2D eigenvalue weighted by atomic mass is 16.3. The molecule has 0 bridgehead atoms. The Balaban J connectivity index is 2.36. The minimum absolute atomic E-state index is 0.0172. The summed E-state index contributed by atoms with van der Waals surface area (Å²) in [7, 11) is 0. The summed E-state index contributed by atoms with van der Waals surface area (Å²) in [5, 5.41) is 12.0. The van der Waals surface area contributed by atoms with Gasteiger partial charge in [-0.1, -0.05) is 26.7 Å². The standard InChI is InChI=1S/C16H30N2O3/c1-3-14(4-2)18(11-12-19)15(20)9-10-17-16(21)13-7-5-6-8-13/h13-14,19H,3-12H2,1-2H3,(H,17,21). The Morgan fingerprint density at radius 2 is 1.86 bits per heavy atom. The van der Waals surface area contributed by atoms with Crippen molar-refractivity contribution in [2.24, 2.45) is 5.92 Å². The number of carbonyl (C=O) groups excluding carboxylic acids is 2. The molecule has 0 heterocycles. The van der Waals surface area contributed by atoms with E-state index in [0.717, 1.165) is 38.5 Å². The maximum Gasteiger partial charge on any atom is 0.224 e. The molecule has 1 saturated carbocycles. The van der Waals surface area contributed by atoms with Gasteiger partial charge in [-0.2, -0.15) is 0 Å². The van der Waals surface area contributed by atoms with E-state index < -0.39 is 0 Å². The van der Waals surface area contributed by atoms with Crippen molar-refractivity contribution in [1.82, 2.24) is 10.2 Å². The predicted molar refractivity (Wildman–Crippen MR) is 82.8 cm³/mol. The number of aliphatic hydroxyl groups is 1. The lowest BCUT2D eigenvalue weighted by molar-refractivity contribution is -0.134. The molecule has 0 aromatic carbocycles. The van der Waals surface area contributed by atoms with E-state index in [9.17, 15) is 9.59 Å². The second kappa shape index (κ2) is 9.77. The number of nitrogens with one attached hydrogen (secondary N) is 1. The molecule has 2 amide bonds. The largest absolute Gasteiger partial charge is 0.395 e. The molecule has 0 atom stereocenters. The quantitative estimate of drug-likeness (QED) is 0.680. The van der Waals surface area contributed by atoms with Crippen LogP contribution in [0, 0.1) is 5.92 Å². The molecule has 5 nitrogen and oxygen atoms in total. The van der Waals surface area contributed by atoms with Crippen LogP contribution < -0.4 is 5.32 Å². The van der Waals surface area contributed by atoms with Gasteiger partial charge in [0, 0.05) is 31.5 Å². The van der Waals surface area contributed by atoms with E-state index >= 15 is 0 Å². The Bertz CT molecular complexity index is 323. The number of nitrogens with zero attached hydrogens (tertiary/aromatic N) is 1. The highest BCUT2D eigenvalue weighted by Crippen LogP contribution is 2.24. The minimum Gasteiger partial charge on any atom is -0.395 e. The second-order valence-corrected chi connectivity index (χ2v) is 5.80. The molecule has 1 aliphatic rings. The van der Waals surface area contributed by atoms with Crippen molar-refractivity contribution in [3.8, 4) is 0 Å². The van der Waals surface area contributed by atoms with Gasteiger partial charge in [0.05, 0.1) is 6.61 Å². The van der Waals surface area contributed by atoms with Gasteiger partial charge in [-0.25, -0.2) is 0 Å². The highest BCUT2D eigenvalue weighted by molar-refractivity contribution is 5.80. The van der Waals surface area contributed by atoms with Crippen molar-refractivity contribution in [2.75, 3.05) is 19.7 Å². The molecule has 2 N–H and O–H groups in total. The first-order chi connectivity index (χ1) is 10.1. The summed E-state index contributed by atoms with van der Waals surface area (Å²) in [6.07, 6.45) is 6.31. The van der Waals surface area contributed by atoms with Crippen LogP contribution in [0.5, 0.6) is 0 Å². The molecular weight excluding hydrogens is 268 g/mol. The van der Waals surface area contributed by atoms with E-state index in [1.165, 1.54) is 0 Å². The van der Waals surface area contributed by atoms with E-state index in [4.69, 9.17) is 5.11 Å². The predicted octanol–water partition coefficient (Wildman–Crippen LogP) is 1.69. The molecule has 122 valence electrons. The van der Waals surface area contributed by atoms with Gasteiger partial charge in [-0.05, 0) is 25.7 Å². The maximum atomic E-state index is 12.3. The summed E-state index contributed by atoms with van der Waals surface area (Å²) in [5.41, 5.74) is 0.